The molecule has 0 radical (unpaired) electrons. The first kappa shape index (κ1) is 16.5. The molecule has 5 rings (SSSR count). The molecule has 6 nitrogen and oxygen atoms in total. The van der Waals surface area contributed by atoms with Gasteiger partial charge in [-0.1, -0.05) is 65.8 Å². The lowest BCUT2D eigenvalue weighted by Gasteiger charge is -2.26. The first-order valence-corrected chi connectivity index (χ1v) is 9.22. The van der Waals surface area contributed by atoms with Gasteiger partial charge >= 0.3 is 0 Å². The van der Waals surface area contributed by atoms with Crippen LogP contribution in [0.5, 0.6) is 0 Å². The SMILES string of the molecule is O=C(c1[nH]cnc1-c1ccccc1)N1CCc2onc(-c3ccccc3)c2C1. The van der Waals surface area contributed by atoms with Crippen molar-refractivity contribution in [3.63, 3.8) is 0 Å². The van der Waals surface area contributed by atoms with Gasteiger partial charge < -0.3 is 14.4 Å². The van der Waals surface area contributed by atoms with E-state index in [9.17, 15) is 4.79 Å². The highest BCUT2D eigenvalue weighted by atomic mass is 16.5. The number of rotatable bonds is 3. The summed E-state index contributed by atoms with van der Waals surface area (Å²) < 4.78 is 5.55. The van der Waals surface area contributed by atoms with Gasteiger partial charge in [0.25, 0.3) is 5.91 Å². The second-order valence-corrected chi connectivity index (χ2v) is 6.77. The maximum absolute atomic E-state index is 13.2. The molecule has 3 heterocycles. The number of imidazole rings is 1. The first-order valence-electron chi connectivity index (χ1n) is 9.22. The molecule has 1 N–H and O–H groups in total. The lowest BCUT2D eigenvalue weighted by atomic mass is 10.0. The Labute approximate surface area is 161 Å². The Hall–Kier alpha value is -3.67. The Morgan fingerprint density at radius 2 is 1.64 bits per heavy atom. The quantitative estimate of drug-likeness (QED) is 0.593. The van der Waals surface area contributed by atoms with Gasteiger partial charge in [-0.25, -0.2) is 4.98 Å². The summed E-state index contributed by atoms with van der Waals surface area (Å²) in [5.41, 5.74) is 4.87. The number of nitrogens with one attached hydrogen (secondary N) is 1. The van der Waals surface area contributed by atoms with Crippen LogP contribution < -0.4 is 0 Å². The predicted octanol–water partition coefficient (Wildman–Crippen LogP) is 3.93. The fourth-order valence-corrected chi connectivity index (χ4v) is 3.64. The topological polar surface area (TPSA) is 75.0 Å². The highest BCUT2D eigenvalue weighted by molar-refractivity contribution is 5.98. The number of nitrogens with zero attached hydrogens (tertiary/aromatic N) is 3. The fourth-order valence-electron chi connectivity index (χ4n) is 3.64. The summed E-state index contributed by atoms with van der Waals surface area (Å²) in [6.07, 6.45) is 2.22. The van der Waals surface area contributed by atoms with Gasteiger partial charge in [-0.3, -0.25) is 4.79 Å². The van der Waals surface area contributed by atoms with Crippen LogP contribution in [0.25, 0.3) is 22.5 Å². The second kappa shape index (κ2) is 6.81. The molecule has 1 aliphatic heterocycles. The van der Waals surface area contributed by atoms with E-state index in [0.717, 1.165) is 28.1 Å². The van der Waals surface area contributed by atoms with Crippen LogP contribution in [0.4, 0.5) is 0 Å². The number of H-pyrrole nitrogens is 1. The van der Waals surface area contributed by atoms with Gasteiger partial charge in [0.1, 0.15) is 22.8 Å². The molecular formula is C22H18N4O2. The molecule has 6 heteroatoms. The van der Waals surface area contributed by atoms with Crippen LogP contribution in [0.2, 0.25) is 0 Å². The van der Waals surface area contributed by atoms with E-state index in [1.54, 1.807) is 6.33 Å². The van der Waals surface area contributed by atoms with Gasteiger partial charge in [-0.05, 0) is 0 Å². The molecule has 1 aliphatic rings. The molecule has 0 unspecified atom stereocenters. The molecule has 0 atom stereocenters. The van der Waals surface area contributed by atoms with E-state index in [-0.39, 0.29) is 5.91 Å². The van der Waals surface area contributed by atoms with Crippen LogP contribution in [-0.2, 0) is 13.0 Å². The third kappa shape index (κ3) is 2.79. The average molecular weight is 370 g/mol. The molecule has 0 fully saturated rings. The molecule has 0 bridgehead atoms. The Balaban J connectivity index is 1.46. The fraction of sp³-hybridized carbons (Fsp3) is 0.136. The Morgan fingerprint density at radius 3 is 2.36 bits per heavy atom. The van der Waals surface area contributed by atoms with Gasteiger partial charge in [-0.15, -0.1) is 0 Å². The average Bonchev–Trinajstić information content (AvgIpc) is 3.41. The molecule has 0 spiro atoms. The predicted molar refractivity (Wildman–Crippen MR) is 104 cm³/mol. The molecule has 2 aromatic carbocycles. The van der Waals surface area contributed by atoms with Gasteiger partial charge in [0, 0.05) is 29.7 Å². The van der Waals surface area contributed by atoms with E-state index in [1.807, 2.05) is 65.6 Å². The summed E-state index contributed by atoms with van der Waals surface area (Å²) >= 11 is 0. The number of fused-ring (bicyclic) bond motifs is 1. The van der Waals surface area contributed by atoms with Crippen molar-refractivity contribution in [3.8, 4) is 22.5 Å². The number of benzene rings is 2. The van der Waals surface area contributed by atoms with Crippen LogP contribution in [0, 0.1) is 0 Å². The van der Waals surface area contributed by atoms with E-state index >= 15 is 0 Å². The van der Waals surface area contributed by atoms with Gasteiger partial charge in [-0.2, -0.15) is 0 Å². The van der Waals surface area contributed by atoms with Crippen LogP contribution in [0.1, 0.15) is 21.8 Å². The maximum Gasteiger partial charge on any atom is 0.272 e. The van der Waals surface area contributed by atoms with Crippen LogP contribution in [0.15, 0.2) is 71.5 Å². The monoisotopic (exact) mass is 370 g/mol. The minimum absolute atomic E-state index is 0.0674. The van der Waals surface area contributed by atoms with E-state index in [0.29, 0.717) is 30.9 Å². The number of aromatic amines is 1. The molecule has 1 amide bonds. The zero-order chi connectivity index (χ0) is 18.9. The molecule has 28 heavy (non-hydrogen) atoms. The highest BCUT2D eigenvalue weighted by Crippen LogP contribution is 2.31. The number of carbonyl (C=O) groups excluding carboxylic acids is 1. The smallest absolute Gasteiger partial charge is 0.272 e. The summed E-state index contributed by atoms with van der Waals surface area (Å²) in [6.45, 7) is 1.05. The number of hydrogen-bond acceptors (Lipinski definition) is 4. The van der Waals surface area contributed by atoms with Crippen molar-refractivity contribution in [3.05, 3.63) is 84.0 Å². The van der Waals surface area contributed by atoms with E-state index in [1.165, 1.54) is 0 Å². The van der Waals surface area contributed by atoms with Crippen molar-refractivity contribution in [1.29, 1.82) is 0 Å². The lowest BCUT2D eigenvalue weighted by molar-refractivity contribution is 0.0724. The maximum atomic E-state index is 13.2. The third-order valence-corrected chi connectivity index (χ3v) is 5.06. The largest absolute Gasteiger partial charge is 0.360 e. The van der Waals surface area contributed by atoms with Crippen molar-refractivity contribution < 1.29 is 9.32 Å². The highest BCUT2D eigenvalue weighted by Gasteiger charge is 2.30. The standard InChI is InChI=1S/C22H18N4O2/c27-22(21-20(23-14-24-21)16-9-5-2-6-10-16)26-12-11-18-17(13-26)19(25-28-18)15-7-3-1-4-8-15/h1-10,14H,11-13H2,(H,23,24). The summed E-state index contributed by atoms with van der Waals surface area (Å²) in [6, 6.07) is 19.6. The van der Waals surface area contributed by atoms with Crippen LogP contribution in [-0.4, -0.2) is 32.5 Å². The van der Waals surface area contributed by atoms with Crippen molar-refractivity contribution in [1.82, 2.24) is 20.0 Å². The van der Waals surface area contributed by atoms with Crippen molar-refractivity contribution in [2.45, 2.75) is 13.0 Å². The number of amides is 1. The Morgan fingerprint density at radius 1 is 0.964 bits per heavy atom. The van der Waals surface area contributed by atoms with Crippen molar-refractivity contribution >= 4 is 5.91 Å². The van der Waals surface area contributed by atoms with Crippen molar-refractivity contribution in [2.24, 2.45) is 0 Å². The van der Waals surface area contributed by atoms with Gasteiger partial charge in [0.05, 0.1) is 12.9 Å². The third-order valence-electron chi connectivity index (χ3n) is 5.06. The lowest BCUT2D eigenvalue weighted by Crippen LogP contribution is -2.36. The second-order valence-electron chi connectivity index (χ2n) is 6.77. The summed E-state index contributed by atoms with van der Waals surface area (Å²) in [5, 5.41) is 4.26. The minimum atomic E-state index is -0.0674. The molecule has 2 aromatic heterocycles. The molecule has 0 aliphatic carbocycles. The first-order chi connectivity index (χ1) is 13.8. The number of carbonyl (C=O) groups is 1. The zero-order valence-corrected chi connectivity index (χ0v) is 15.1. The molecule has 0 saturated carbocycles. The van der Waals surface area contributed by atoms with Gasteiger partial charge in [0.2, 0.25) is 0 Å². The molecule has 0 saturated heterocycles. The van der Waals surface area contributed by atoms with E-state index < -0.39 is 0 Å². The summed E-state index contributed by atoms with van der Waals surface area (Å²) in [5.74, 6) is 0.790. The minimum Gasteiger partial charge on any atom is -0.360 e. The Bertz CT molecular complexity index is 1120. The normalized spacial score (nSPS) is 13.4. The van der Waals surface area contributed by atoms with Crippen molar-refractivity contribution in [2.75, 3.05) is 6.54 Å². The molecular weight excluding hydrogens is 352 g/mol. The molecule has 4 aromatic rings. The Kier molecular flexibility index (Phi) is 4.01. The number of hydrogen-bond donors (Lipinski definition) is 1. The van der Waals surface area contributed by atoms with Gasteiger partial charge in [0.15, 0.2) is 0 Å². The molecule has 138 valence electrons. The van der Waals surface area contributed by atoms with E-state index in [4.69, 9.17) is 4.52 Å². The van der Waals surface area contributed by atoms with Crippen LogP contribution in [0.3, 0.4) is 0 Å². The van der Waals surface area contributed by atoms with Crippen LogP contribution >= 0.6 is 0 Å². The van der Waals surface area contributed by atoms with E-state index in [2.05, 4.69) is 15.1 Å². The summed E-state index contributed by atoms with van der Waals surface area (Å²) in [4.78, 5) is 22.5. The number of aromatic nitrogens is 3. The zero-order valence-electron chi connectivity index (χ0n) is 15.1. The summed E-state index contributed by atoms with van der Waals surface area (Å²) in [7, 11) is 0.